The lowest BCUT2D eigenvalue weighted by atomic mass is 9.83. The largest absolute Gasteiger partial charge is 0.299 e. The predicted octanol–water partition coefficient (Wildman–Crippen LogP) is 7.11. The zero-order valence-electron chi connectivity index (χ0n) is 16.3. The molecule has 0 aromatic heterocycles. The second-order valence-electron chi connectivity index (χ2n) is 7.82. The summed E-state index contributed by atoms with van der Waals surface area (Å²) in [6, 6.07) is 17.3. The first-order valence-corrected chi connectivity index (χ1v) is 10.9. The van der Waals surface area contributed by atoms with Crippen molar-refractivity contribution in [2.45, 2.75) is 43.9 Å². The van der Waals surface area contributed by atoms with Crippen molar-refractivity contribution in [1.82, 2.24) is 0 Å². The molecule has 0 saturated heterocycles. The highest BCUT2D eigenvalue weighted by Gasteiger charge is 2.42. The molecule has 0 radical (unpaired) electrons. The topological polar surface area (TPSA) is 17.1 Å². The Morgan fingerprint density at radius 1 is 1.03 bits per heavy atom. The van der Waals surface area contributed by atoms with Gasteiger partial charge in [-0.3, -0.25) is 4.79 Å². The lowest BCUT2D eigenvalue weighted by molar-refractivity contribution is -0.119. The van der Waals surface area contributed by atoms with Gasteiger partial charge in [0, 0.05) is 28.1 Å². The molecule has 0 spiro atoms. The first-order chi connectivity index (χ1) is 14.0. The number of alkyl halides is 1. The second kappa shape index (κ2) is 8.45. The van der Waals surface area contributed by atoms with Gasteiger partial charge in [0.25, 0.3) is 0 Å². The second-order valence-corrected chi connectivity index (χ2v) is 8.79. The molecule has 1 unspecified atom stereocenters. The van der Waals surface area contributed by atoms with Gasteiger partial charge < -0.3 is 0 Å². The van der Waals surface area contributed by atoms with E-state index in [0.29, 0.717) is 18.4 Å². The number of fused-ring (bicyclic) bond motifs is 1. The summed E-state index contributed by atoms with van der Waals surface area (Å²) >= 11 is 12.9. The van der Waals surface area contributed by atoms with Crippen LogP contribution in [0.15, 0.2) is 54.6 Å². The van der Waals surface area contributed by atoms with E-state index in [1.165, 1.54) is 11.6 Å². The van der Waals surface area contributed by atoms with Gasteiger partial charge in [-0.2, -0.15) is 0 Å². The third-order valence-corrected chi connectivity index (χ3v) is 6.97. The van der Waals surface area contributed by atoms with E-state index in [1.54, 1.807) is 6.07 Å². The van der Waals surface area contributed by atoms with E-state index < -0.39 is 0 Å². The molecule has 0 bridgehead atoms. The molecule has 29 heavy (non-hydrogen) atoms. The summed E-state index contributed by atoms with van der Waals surface area (Å²) in [6.07, 6.45) is 2.55. The first kappa shape index (κ1) is 20.4. The van der Waals surface area contributed by atoms with E-state index in [9.17, 15) is 9.18 Å². The lowest BCUT2D eigenvalue weighted by Crippen LogP contribution is -2.17. The number of Topliss-reactive ketones (excluding diaryl/α,β-unsaturated/α-hetero) is 1. The third kappa shape index (κ3) is 3.93. The molecule has 3 aromatic carbocycles. The van der Waals surface area contributed by atoms with Crippen LogP contribution in [0.5, 0.6) is 0 Å². The molecule has 1 saturated carbocycles. The number of aryl methyl sites for hydroxylation is 2. The van der Waals surface area contributed by atoms with Gasteiger partial charge >= 0.3 is 0 Å². The van der Waals surface area contributed by atoms with Crippen LogP contribution in [0.4, 0.5) is 4.39 Å². The van der Waals surface area contributed by atoms with E-state index in [1.807, 2.05) is 37.3 Å². The average molecular weight is 429 g/mol. The van der Waals surface area contributed by atoms with Gasteiger partial charge in [-0.15, -0.1) is 11.6 Å². The van der Waals surface area contributed by atoms with Crippen molar-refractivity contribution >= 4 is 39.8 Å². The summed E-state index contributed by atoms with van der Waals surface area (Å²) in [7, 11) is 0. The van der Waals surface area contributed by atoms with E-state index in [0.717, 1.165) is 34.2 Å². The van der Waals surface area contributed by atoms with Gasteiger partial charge in [0.1, 0.15) is 11.6 Å². The smallest absolute Gasteiger partial charge is 0.142 e. The molecule has 1 aliphatic carbocycles. The standard InChI is InChI=1S/C25H23Cl2FO/c1-2-15-7-8-17(13-23(15)28)25-20(22(27)14-24(25)29)11-9-16-10-12-21(26)19-6-4-3-5-18(16)19/h3-8,10,12-13,20,22,25H,2,9,11,14H2,1H3/t20-,22?,25+/m0/s1. The summed E-state index contributed by atoms with van der Waals surface area (Å²) in [4.78, 5) is 12.7. The van der Waals surface area contributed by atoms with Crippen LogP contribution < -0.4 is 0 Å². The molecular formula is C25H23Cl2FO. The maximum Gasteiger partial charge on any atom is 0.142 e. The molecule has 3 aromatic rings. The molecule has 1 aliphatic rings. The highest BCUT2D eigenvalue weighted by atomic mass is 35.5. The Morgan fingerprint density at radius 2 is 1.76 bits per heavy atom. The summed E-state index contributed by atoms with van der Waals surface area (Å²) < 4.78 is 14.4. The number of carbonyl (C=O) groups is 1. The van der Waals surface area contributed by atoms with Crippen molar-refractivity contribution in [3.05, 3.63) is 82.1 Å². The van der Waals surface area contributed by atoms with Gasteiger partial charge in [-0.1, -0.05) is 61.0 Å². The fourth-order valence-electron chi connectivity index (χ4n) is 4.61. The first-order valence-electron chi connectivity index (χ1n) is 10.1. The molecule has 0 amide bonds. The van der Waals surface area contributed by atoms with Gasteiger partial charge in [0.05, 0.1) is 0 Å². The molecule has 0 N–H and O–H groups in total. The molecular weight excluding hydrogens is 406 g/mol. The molecule has 1 nitrogen and oxygen atoms in total. The van der Waals surface area contributed by atoms with E-state index in [-0.39, 0.29) is 28.8 Å². The molecule has 150 valence electrons. The van der Waals surface area contributed by atoms with Crippen molar-refractivity contribution in [3.63, 3.8) is 0 Å². The Kier molecular flexibility index (Phi) is 5.94. The summed E-state index contributed by atoms with van der Waals surface area (Å²) in [5, 5.41) is 2.68. The SMILES string of the molecule is CCc1ccc([C@H]2C(=O)CC(Cl)[C@@H]2CCc2ccc(Cl)c3ccccc23)cc1F. The Hall–Kier alpha value is -1.90. The van der Waals surface area contributed by atoms with Crippen molar-refractivity contribution in [1.29, 1.82) is 0 Å². The lowest BCUT2D eigenvalue weighted by Gasteiger charge is -2.22. The van der Waals surface area contributed by atoms with Crippen LogP contribution in [-0.4, -0.2) is 11.2 Å². The minimum absolute atomic E-state index is 0.00881. The van der Waals surface area contributed by atoms with Crippen molar-refractivity contribution < 1.29 is 9.18 Å². The fourth-order valence-corrected chi connectivity index (χ4v) is 5.26. The number of hydrogen-bond acceptors (Lipinski definition) is 1. The summed E-state index contributed by atoms with van der Waals surface area (Å²) in [5.41, 5.74) is 2.61. The fraction of sp³-hybridized carbons (Fsp3) is 0.320. The van der Waals surface area contributed by atoms with Crippen LogP contribution in [0.2, 0.25) is 5.02 Å². The molecule has 0 aliphatic heterocycles. The highest BCUT2D eigenvalue weighted by Crippen LogP contribution is 2.43. The highest BCUT2D eigenvalue weighted by molar-refractivity contribution is 6.35. The van der Waals surface area contributed by atoms with Crippen molar-refractivity contribution in [2.24, 2.45) is 5.92 Å². The van der Waals surface area contributed by atoms with Crippen LogP contribution in [0.25, 0.3) is 10.8 Å². The number of halogens is 3. The maximum atomic E-state index is 14.4. The zero-order valence-corrected chi connectivity index (χ0v) is 17.8. The van der Waals surface area contributed by atoms with Gasteiger partial charge in [0.2, 0.25) is 0 Å². The number of rotatable bonds is 5. The maximum absolute atomic E-state index is 14.4. The summed E-state index contributed by atoms with van der Waals surface area (Å²) in [5.74, 6) is -0.472. The molecule has 4 heteroatoms. The van der Waals surface area contributed by atoms with Crippen LogP contribution >= 0.6 is 23.2 Å². The average Bonchev–Trinajstić information content (AvgIpc) is 3.00. The van der Waals surface area contributed by atoms with E-state index >= 15 is 0 Å². The van der Waals surface area contributed by atoms with Crippen LogP contribution in [0.1, 0.15) is 42.4 Å². The van der Waals surface area contributed by atoms with Crippen LogP contribution in [0, 0.1) is 11.7 Å². The Labute approximate surface area is 180 Å². The minimum Gasteiger partial charge on any atom is -0.299 e. The van der Waals surface area contributed by atoms with Gasteiger partial charge in [-0.05, 0) is 59.4 Å². The Bertz CT molecular complexity index is 1060. The molecule has 0 heterocycles. The van der Waals surface area contributed by atoms with Crippen LogP contribution in [0.3, 0.4) is 0 Å². The third-order valence-electron chi connectivity index (χ3n) is 6.16. The normalized spacial score (nSPS) is 21.8. The zero-order chi connectivity index (χ0) is 20.5. The minimum atomic E-state index is -0.337. The Balaban J connectivity index is 1.61. The van der Waals surface area contributed by atoms with Crippen molar-refractivity contribution in [2.75, 3.05) is 0 Å². The van der Waals surface area contributed by atoms with Gasteiger partial charge in [-0.25, -0.2) is 4.39 Å². The number of benzene rings is 3. The molecule has 3 atom stereocenters. The number of ketones is 1. The van der Waals surface area contributed by atoms with Crippen LogP contribution in [-0.2, 0) is 17.6 Å². The Morgan fingerprint density at radius 3 is 2.48 bits per heavy atom. The summed E-state index contributed by atoms with van der Waals surface area (Å²) in [6.45, 7) is 1.92. The molecule has 1 fully saturated rings. The quantitative estimate of drug-likeness (QED) is 0.395. The monoisotopic (exact) mass is 428 g/mol. The van der Waals surface area contributed by atoms with E-state index in [2.05, 4.69) is 12.1 Å². The number of hydrogen-bond donors (Lipinski definition) is 0. The van der Waals surface area contributed by atoms with Gasteiger partial charge in [0.15, 0.2) is 0 Å². The number of carbonyl (C=O) groups excluding carboxylic acids is 1. The molecule has 4 rings (SSSR count). The van der Waals surface area contributed by atoms with E-state index in [4.69, 9.17) is 23.2 Å². The van der Waals surface area contributed by atoms with Crippen molar-refractivity contribution in [3.8, 4) is 0 Å². The predicted molar refractivity (Wildman–Crippen MR) is 119 cm³/mol.